The topological polar surface area (TPSA) is 77.1 Å². The van der Waals surface area contributed by atoms with Crippen LogP contribution < -0.4 is 14.8 Å². The van der Waals surface area contributed by atoms with Crippen LogP contribution in [0.15, 0.2) is 30.3 Å². The summed E-state index contributed by atoms with van der Waals surface area (Å²) in [5.41, 5.74) is 0.718. The quantitative estimate of drug-likeness (QED) is 0.516. The average Bonchev–Trinajstić information content (AvgIpc) is 2.93. The molecule has 1 aliphatic carbocycles. The second-order valence-electron chi connectivity index (χ2n) is 9.59. The van der Waals surface area contributed by atoms with Crippen LogP contribution in [0.1, 0.15) is 66.8 Å². The van der Waals surface area contributed by atoms with E-state index in [1.807, 2.05) is 17.0 Å². The SMILES string of the molecule is COc1cc(OC)c(F)c(C(=O)Nc2ccc(C3CCN(C(=O)COC4CCCCC4)CC3)cc2)c1F. The van der Waals surface area contributed by atoms with Gasteiger partial charge in [0.15, 0.2) is 23.1 Å². The lowest BCUT2D eigenvalue weighted by Crippen LogP contribution is -2.40. The van der Waals surface area contributed by atoms with Crippen molar-refractivity contribution >= 4 is 17.5 Å². The summed E-state index contributed by atoms with van der Waals surface area (Å²) in [6.45, 7) is 1.50. The first-order chi connectivity index (χ1) is 17.9. The summed E-state index contributed by atoms with van der Waals surface area (Å²) in [6.07, 6.45) is 7.58. The van der Waals surface area contributed by atoms with Gasteiger partial charge in [-0.1, -0.05) is 31.4 Å². The molecule has 0 radical (unpaired) electrons. The van der Waals surface area contributed by atoms with Crippen LogP contribution in [0.3, 0.4) is 0 Å². The molecule has 9 heteroatoms. The summed E-state index contributed by atoms with van der Waals surface area (Å²) in [7, 11) is 2.45. The Morgan fingerprint density at radius 3 is 2.08 bits per heavy atom. The van der Waals surface area contributed by atoms with Crippen molar-refractivity contribution < 1.29 is 32.6 Å². The summed E-state index contributed by atoms with van der Waals surface area (Å²) in [4.78, 5) is 27.1. The lowest BCUT2D eigenvalue weighted by atomic mass is 9.89. The molecule has 2 fully saturated rings. The predicted octanol–water partition coefficient (Wildman–Crippen LogP) is 5.29. The van der Waals surface area contributed by atoms with Gasteiger partial charge >= 0.3 is 0 Å². The van der Waals surface area contributed by atoms with Crippen molar-refractivity contribution in [2.45, 2.75) is 57.0 Å². The zero-order valence-corrected chi connectivity index (χ0v) is 21.4. The van der Waals surface area contributed by atoms with E-state index in [0.717, 1.165) is 37.3 Å². The Bertz CT molecular complexity index is 1070. The number of ether oxygens (including phenoxy) is 3. The normalized spacial score (nSPS) is 16.9. The highest BCUT2D eigenvalue weighted by molar-refractivity contribution is 6.05. The fraction of sp³-hybridized carbons (Fsp3) is 0.500. The highest BCUT2D eigenvalue weighted by Gasteiger charge is 2.27. The van der Waals surface area contributed by atoms with Gasteiger partial charge in [-0.25, -0.2) is 8.78 Å². The summed E-state index contributed by atoms with van der Waals surface area (Å²) in [5, 5.41) is 2.54. The molecule has 7 nitrogen and oxygen atoms in total. The van der Waals surface area contributed by atoms with Crippen molar-refractivity contribution in [2.75, 3.05) is 39.2 Å². The Kier molecular flexibility index (Phi) is 8.97. The van der Waals surface area contributed by atoms with Gasteiger partial charge in [0, 0.05) is 24.8 Å². The molecule has 200 valence electrons. The Morgan fingerprint density at radius 2 is 1.51 bits per heavy atom. The molecule has 1 saturated heterocycles. The number of benzene rings is 2. The smallest absolute Gasteiger partial charge is 0.261 e. The number of carbonyl (C=O) groups is 2. The minimum absolute atomic E-state index is 0.0516. The van der Waals surface area contributed by atoms with E-state index in [2.05, 4.69) is 5.32 Å². The van der Waals surface area contributed by atoms with Crippen LogP contribution in [0, 0.1) is 11.6 Å². The molecular formula is C28H34F2N2O5. The highest BCUT2D eigenvalue weighted by Crippen LogP contribution is 2.33. The number of halogens is 2. The van der Waals surface area contributed by atoms with Gasteiger partial charge in [0.05, 0.1) is 20.3 Å². The maximum Gasteiger partial charge on any atom is 0.261 e. The third-order valence-electron chi connectivity index (χ3n) is 7.28. The molecule has 2 amide bonds. The number of amides is 2. The molecular weight excluding hydrogens is 482 g/mol. The van der Waals surface area contributed by atoms with E-state index in [1.165, 1.54) is 33.5 Å². The Balaban J connectivity index is 1.31. The molecule has 0 atom stereocenters. The van der Waals surface area contributed by atoms with E-state index in [1.54, 1.807) is 12.1 Å². The first-order valence-corrected chi connectivity index (χ1v) is 12.8. The Hall–Kier alpha value is -3.20. The van der Waals surface area contributed by atoms with E-state index in [9.17, 15) is 18.4 Å². The summed E-state index contributed by atoms with van der Waals surface area (Å²) in [5.74, 6) is -3.38. The second kappa shape index (κ2) is 12.4. The molecule has 0 spiro atoms. The second-order valence-corrected chi connectivity index (χ2v) is 9.59. The van der Waals surface area contributed by atoms with E-state index < -0.39 is 23.1 Å². The van der Waals surface area contributed by atoms with Crippen molar-refractivity contribution in [3.63, 3.8) is 0 Å². The molecule has 4 rings (SSSR count). The predicted molar refractivity (Wildman–Crippen MR) is 135 cm³/mol. The van der Waals surface area contributed by atoms with Crippen LogP contribution in [-0.2, 0) is 9.53 Å². The van der Waals surface area contributed by atoms with Gasteiger partial charge in [-0.3, -0.25) is 9.59 Å². The van der Waals surface area contributed by atoms with Crippen LogP contribution in [0.4, 0.5) is 14.5 Å². The van der Waals surface area contributed by atoms with Crippen LogP contribution in [0.25, 0.3) is 0 Å². The molecule has 1 saturated carbocycles. The number of carbonyl (C=O) groups excluding carboxylic acids is 2. The van der Waals surface area contributed by atoms with Crippen LogP contribution in [0.2, 0.25) is 0 Å². The first kappa shape index (κ1) is 26.9. The van der Waals surface area contributed by atoms with Crippen molar-refractivity contribution in [3.05, 3.63) is 53.1 Å². The number of nitrogens with zero attached hydrogens (tertiary/aromatic N) is 1. The maximum absolute atomic E-state index is 14.6. The minimum atomic E-state index is -1.10. The van der Waals surface area contributed by atoms with Gasteiger partial charge in [-0.15, -0.1) is 0 Å². The number of methoxy groups -OCH3 is 2. The number of anilines is 1. The van der Waals surface area contributed by atoms with Gasteiger partial charge in [0.25, 0.3) is 5.91 Å². The number of rotatable bonds is 8. The molecule has 1 heterocycles. The number of hydrogen-bond donors (Lipinski definition) is 1. The van der Waals surface area contributed by atoms with E-state index in [4.69, 9.17) is 14.2 Å². The van der Waals surface area contributed by atoms with Gasteiger partial charge in [0.1, 0.15) is 12.2 Å². The summed E-state index contributed by atoms with van der Waals surface area (Å²) >= 11 is 0. The maximum atomic E-state index is 14.6. The van der Waals surface area contributed by atoms with Crippen LogP contribution in [0.5, 0.6) is 11.5 Å². The monoisotopic (exact) mass is 516 g/mol. The Morgan fingerprint density at radius 1 is 0.919 bits per heavy atom. The molecule has 0 bridgehead atoms. The number of likely N-dealkylation sites (tertiary alicyclic amines) is 1. The van der Waals surface area contributed by atoms with Crippen LogP contribution >= 0.6 is 0 Å². The van der Waals surface area contributed by atoms with Crippen molar-refractivity contribution in [1.82, 2.24) is 4.90 Å². The molecule has 2 aromatic carbocycles. The number of hydrogen-bond acceptors (Lipinski definition) is 5. The van der Waals surface area contributed by atoms with Crippen LogP contribution in [-0.4, -0.2) is 56.7 Å². The third-order valence-corrected chi connectivity index (χ3v) is 7.28. The van der Waals surface area contributed by atoms with Gasteiger partial charge in [-0.2, -0.15) is 0 Å². The molecule has 1 aliphatic heterocycles. The standard InChI is InChI=1S/C28H34F2N2O5/c1-35-22-16-23(36-2)27(30)25(26(22)29)28(34)31-20-10-8-18(9-11-20)19-12-14-32(15-13-19)24(33)17-37-21-6-4-3-5-7-21/h8-11,16,19,21H,3-7,12-15,17H2,1-2H3,(H,31,34). The van der Waals surface area contributed by atoms with E-state index in [0.29, 0.717) is 18.8 Å². The van der Waals surface area contributed by atoms with Gasteiger partial charge in [-0.05, 0) is 49.3 Å². The lowest BCUT2D eigenvalue weighted by molar-refractivity contribution is -0.139. The first-order valence-electron chi connectivity index (χ1n) is 12.8. The molecule has 2 aliphatic rings. The molecule has 1 N–H and O–H groups in total. The third kappa shape index (κ3) is 6.39. The summed E-state index contributed by atoms with van der Waals surface area (Å²) < 4.78 is 44.9. The van der Waals surface area contributed by atoms with Gasteiger partial charge < -0.3 is 24.4 Å². The lowest BCUT2D eigenvalue weighted by Gasteiger charge is -2.33. The molecule has 37 heavy (non-hydrogen) atoms. The number of piperidine rings is 1. The molecule has 2 aromatic rings. The average molecular weight is 517 g/mol. The Labute approximate surface area is 216 Å². The van der Waals surface area contributed by atoms with Crippen molar-refractivity contribution in [2.24, 2.45) is 0 Å². The highest BCUT2D eigenvalue weighted by atomic mass is 19.1. The summed E-state index contributed by atoms with van der Waals surface area (Å²) in [6, 6.07) is 8.25. The zero-order valence-electron chi connectivity index (χ0n) is 21.4. The van der Waals surface area contributed by atoms with Crippen molar-refractivity contribution in [1.29, 1.82) is 0 Å². The fourth-order valence-corrected chi connectivity index (χ4v) is 5.09. The minimum Gasteiger partial charge on any atom is -0.494 e. The molecule has 0 unspecified atom stereocenters. The van der Waals surface area contributed by atoms with E-state index >= 15 is 0 Å². The molecule has 0 aromatic heterocycles. The number of nitrogens with one attached hydrogen (secondary N) is 1. The largest absolute Gasteiger partial charge is 0.494 e. The zero-order chi connectivity index (χ0) is 26.4. The fourth-order valence-electron chi connectivity index (χ4n) is 5.09. The van der Waals surface area contributed by atoms with Crippen molar-refractivity contribution in [3.8, 4) is 11.5 Å². The van der Waals surface area contributed by atoms with Gasteiger partial charge in [0.2, 0.25) is 5.91 Å². The van der Waals surface area contributed by atoms with E-state index in [-0.39, 0.29) is 36.0 Å².